The highest BCUT2D eigenvalue weighted by Crippen LogP contribution is 2.31. The lowest BCUT2D eigenvalue weighted by Gasteiger charge is -2.11. The number of hydrogen-bond donors (Lipinski definition) is 2. The van der Waals surface area contributed by atoms with Crippen molar-refractivity contribution in [2.75, 3.05) is 12.4 Å². The summed E-state index contributed by atoms with van der Waals surface area (Å²) in [5.74, 6) is 0.500. The van der Waals surface area contributed by atoms with Gasteiger partial charge in [0, 0.05) is 5.69 Å². The van der Waals surface area contributed by atoms with Crippen LogP contribution in [0.15, 0.2) is 59.2 Å². The Hall–Kier alpha value is -3.13. The van der Waals surface area contributed by atoms with Gasteiger partial charge in [-0.25, -0.2) is 9.78 Å². The molecule has 0 bridgehead atoms. The fourth-order valence-corrected chi connectivity index (χ4v) is 2.37. The van der Waals surface area contributed by atoms with Crippen LogP contribution in [0.4, 0.5) is 11.6 Å². The number of carbonyl (C=O) groups excluding carboxylic acids is 1. The summed E-state index contributed by atoms with van der Waals surface area (Å²) in [6, 6.07) is 13.2. The molecule has 2 aromatic carbocycles. The van der Waals surface area contributed by atoms with E-state index >= 15 is 0 Å². The topological polar surface area (TPSA) is 93.6 Å². The van der Waals surface area contributed by atoms with E-state index in [0.717, 1.165) is 0 Å². The molecule has 0 aliphatic heterocycles. The predicted molar refractivity (Wildman–Crippen MR) is 99.0 cm³/mol. The van der Waals surface area contributed by atoms with Gasteiger partial charge in [-0.1, -0.05) is 12.1 Å². The summed E-state index contributed by atoms with van der Waals surface area (Å²) in [6.07, 6.45) is 1.53. The Bertz CT molecular complexity index is 932. The third kappa shape index (κ3) is 4.09. The van der Waals surface area contributed by atoms with Crippen molar-refractivity contribution in [2.45, 2.75) is 0 Å². The van der Waals surface area contributed by atoms with Gasteiger partial charge >= 0.3 is 5.97 Å². The van der Waals surface area contributed by atoms with Crippen molar-refractivity contribution in [2.24, 2.45) is 0 Å². The zero-order chi connectivity index (χ0) is 18.5. The summed E-state index contributed by atoms with van der Waals surface area (Å²) in [6.45, 7) is 0. The molecule has 1 heterocycles. The summed E-state index contributed by atoms with van der Waals surface area (Å²) >= 11 is 3.33. The number of aromatic nitrogens is 2. The van der Waals surface area contributed by atoms with Crippen molar-refractivity contribution < 1.29 is 19.4 Å². The molecule has 0 aliphatic rings. The molecule has 3 aromatic rings. The third-order valence-electron chi connectivity index (χ3n) is 3.33. The number of nitrogens with zero attached hydrogens (tertiary/aromatic N) is 2. The highest BCUT2D eigenvalue weighted by Gasteiger charge is 2.15. The maximum atomic E-state index is 11.9. The highest BCUT2D eigenvalue weighted by molar-refractivity contribution is 9.10. The van der Waals surface area contributed by atoms with E-state index in [2.05, 4.69) is 31.2 Å². The second-order valence-electron chi connectivity index (χ2n) is 5.11. The number of nitrogens with one attached hydrogen (secondary N) is 1. The van der Waals surface area contributed by atoms with Gasteiger partial charge in [0.2, 0.25) is 11.8 Å². The molecule has 1 aromatic heterocycles. The first-order chi connectivity index (χ1) is 12.6. The maximum absolute atomic E-state index is 11.9. The average Bonchev–Trinajstić information content (AvgIpc) is 2.66. The van der Waals surface area contributed by atoms with Gasteiger partial charge in [0.05, 0.1) is 17.8 Å². The number of anilines is 2. The van der Waals surface area contributed by atoms with E-state index in [9.17, 15) is 9.90 Å². The van der Waals surface area contributed by atoms with Crippen LogP contribution in [0, 0.1) is 0 Å². The van der Waals surface area contributed by atoms with Crippen LogP contribution in [0.5, 0.6) is 17.4 Å². The van der Waals surface area contributed by atoms with Crippen molar-refractivity contribution in [1.29, 1.82) is 0 Å². The van der Waals surface area contributed by atoms with Gasteiger partial charge in [0.1, 0.15) is 17.1 Å². The van der Waals surface area contributed by atoms with Crippen LogP contribution in [-0.4, -0.2) is 28.2 Å². The first-order valence-corrected chi connectivity index (χ1v) is 8.30. The first kappa shape index (κ1) is 17.7. The molecule has 26 heavy (non-hydrogen) atoms. The molecule has 0 aliphatic carbocycles. The number of esters is 1. The summed E-state index contributed by atoms with van der Waals surface area (Å²) < 4.78 is 11.1. The molecular formula is C18H14BrN3O4. The lowest BCUT2D eigenvalue weighted by molar-refractivity contribution is 0.0598. The predicted octanol–water partition coefficient (Wildman–Crippen LogP) is 4.27. The van der Waals surface area contributed by atoms with Crippen molar-refractivity contribution >= 4 is 33.5 Å². The van der Waals surface area contributed by atoms with Crippen LogP contribution in [0.1, 0.15) is 10.4 Å². The molecule has 8 heteroatoms. The molecule has 0 saturated carbocycles. The molecule has 7 nitrogen and oxygen atoms in total. The van der Waals surface area contributed by atoms with E-state index in [4.69, 9.17) is 9.47 Å². The zero-order valence-electron chi connectivity index (χ0n) is 13.6. The molecule has 0 fully saturated rings. The van der Waals surface area contributed by atoms with Crippen molar-refractivity contribution in [3.8, 4) is 17.4 Å². The van der Waals surface area contributed by atoms with Crippen LogP contribution in [0.3, 0.4) is 0 Å². The lowest BCUT2D eigenvalue weighted by Crippen LogP contribution is -2.05. The molecule has 0 saturated heterocycles. The van der Waals surface area contributed by atoms with Crippen LogP contribution in [0.25, 0.3) is 0 Å². The van der Waals surface area contributed by atoms with Crippen molar-refractivity contribution in [3.05, 3.63) is 64.8 Å². The van der Waals surface area contributed by atoms with E-state index in [-0.39, 0.29) is 17.2 Å². The van der Waals surface area contributed by atoms with Gasteiger partial charge in [-0.05, 0) is 52.3 Å². The number of hydrogen-bond acceptors (Lipinski definition) is 7. The summed E-state index contributed by atoms with van der Waals surface area (Å²) in [5, 5.41) is 12.3. The Morgan fingerprint density at radius 2 is 1.88 bits per heavy atom. The zero-order valence-corrected chi connectivity index (χ0v) is 15.2. The Labute approximate surface area is 157 Å². The molecule has 0 amide bonds. The normalized spacial score (nSPS) is 10.2. The number of benzene rings is 2. The van der Waals surface area contributed by atoms with E-state index in [0.29, 0.717) is 21.9 Å². The first-order valence-electron chi connectivity index (χ1n) is 7.50. The number of halogens is 1. The number of para-hydroxylation sites is 1. The average molecular weight is 416 g/mol. The Morgan fingerprint density at radius 3 is 2.62 bits per heavy atom. The summed E-state index contributed by atoms with van der Waals surface area (Å²) in [4.78, 5) is 20.3. The minimum Gasteiger partial charge on any atom is -0.508 e. The van der Waals surface area contributed by atoms with Crippen molar-refractivity contribution in [1.82, 2.24) is 9.97 Å². The van der Waals surface area contributed by atoms with E-state index in [1.807, 2.05) is 0 Å². The molecule has 0 unspecified atom stereocenters. The maximum Gasteiger partial charge on any atom is 0.341 e. The Kier molecular flexibility index (Phi) is 5.33. The Balaban J connectivity index is 1.87. The molecular weight excluding hydrogens is 402 g/mol. The number of methoxy groups -OCH3 is 1. The SMILES string of the molecule is COC(=O)c1ccccc1Oc1nc(Nc2ccc(O)cc2)ncc1Br. The number of rotatable bonds is 5. The second-order valence-corrected chi connectivity index (χ2v) is 5.96. The van der Waals surface area contributed by atoms with Gasteiger partial charge in [-0.2, -0.15) is 4.98 Å². The van der Waals surface area contributed by atoms with Gasteiger partial charge in [0.15, 0.2) is 0 Å². The van der Waals surface area contributed by atoms with Gasteiger partial charge in [0.25, 0.3) is 0 Å². The van der Waals surface area contributed by atoms with Crippen LogP contribution < -0.4 is 10.1 Å². The Morgan fingerprint density at radius 1 is 1.15 bits per heavy atom. The fourth-order valence-electron chi connectivity index (χ4n) is 2.10. The highest BCUT2D eigenvalue weighted by atomic mass is 79.9. The van der Waals surface area contributed by atoms with E-state index < -0.39 is 5.97 Å². The smallest absolute Gasteiger partial charge is 0.341 e. The molecule has 2 N–H and O–H groups in total. The molecule has 0 spiro atoms. The van der Waals surface area contributed by atoms with Crippen LogP contribution in [0.2, 0.25) is 0 Å². The molecule has 0 atom stereocenters. The summed E-state index contributed by atoms with van der Waals surface area (Å²) in [5.41, 5.74) is 0.986. The quantitative estimate of drug-likeness (QED) is 0.474. The fraction of sp³-hybridized carbons (Fsp3) is 0.0556. The standard InChI is InChI=1S/C18H14BrN3O4/c1-25-17(24)13-4-2-3-5-15(13)26-16-14(19)10-20-18(22-16)21-11-6-8-12(23)9-7-11/h2-10,23H,1H3,(H,20,21,22). The van der Waals surface area contributed by atoms with Gasteiger partial charge < -0.3 is 19.9 Å². The lowest BCUT2D eigenvalue weighted by atomic mass is 10.2. The third-order valence-corrected chi connectivity index (χ3v) is 3.88. The summed E-state index contributed by atoms with van der Waals surface area (Å²) in [7, 11) is 1.30. The minimum atomic E-state index is -0.506. The molecule has 3 rings (SSSR count). The second kappa shape index (κ2) is 7.83. The van der Waals surface area contributed by atoms with E-state index in [1.165, 1.54) is 13.3 Å². The number of aromatic hydroxyl groups is 1. The van der Waals surface area contributed by atoms with Gasteiger partial charge in [-0.15, -0.1) is 0 Å². The van der Waals surface area contributed by atoms with Crippen LogP contribution >= 0.6 is 15.9 Å². The molecule has 0 radical (unpaired) electrons. The van der Waals surface area contributed by atoms with Crippen LogP contribution in [-0.2, 0) is 4.74 Å². The monoisotopic (exact) mass is 415 g/mol. The largest absolute Gasteiger partial charge is 0.508 e. The van der Waals surface area contributed by atoms with E-state index in [1.54, 1.807) is 48.5 Å². The number of carbonyl (C=O) groups is 1. The number of phenolic OH excluding ortho intramolecular Hbond substituents is 1. The van der Waals surface area contributed by atoms with Crippen molar-refractivity contribution in [3.63, 3.8) is 0 Å². The van der Waals surface area contributed by atoms with Gasteiger partial charge in [-0.3, -0.25) is 0 Å². The minimum absolute atomic E-state index is 0.163. The molecule has 132 valence electrons. The number of phenols is 1. The number of ether oxygens (including phenoxy) is 2.